The molecule has 118 valence electrons. The molecular formula is C17H13BrO4S. The van der Waals surface area contributed by atoms with E-state index < -0.39 is 5.97 Å². The largest absolute Gasteiger partial charge is 0.464 e. The molecule has 0 bridgehead atoms. The second-order valence-corrected chi connectivity index (χ2v) is 7.59. The maximum atomic E-state index is 11.9. The van der Waals surface area contributed by atoms with Crippen LogP contribution in [0.15, 0.2) is 44.8 Å². The van der Waals surface area contributed by atoms with Crippen molar-refractivity contribution in [1.82, 2.24) is 0 Å². The van der Waals surface area contributed by atoms with Crippen molar-refractivity contribution in [2.45, 2.75) is 13.3 Å². The summed E-state index contributed by atoms with van der Waals surface area (Å²) in [5.41, 5.74) is 2.59. The number of fused-ring (bicyclic) bond motifs is 1. The quantitative estimate of drug-likeness (QED) is 0.472. The molecule has 3 rings (SSSR count). The van der Waals surface area contributed by atoms with Gasteiger partial charge in [-0.25, -0.2) is 0 Å². The molecule has 0 unspecified atom stereocenters. The van der Waals surface area contributed by atoms with E-state index in [0.717, 1.165) is 25.9 Å². The van der Waals surface area contributed by atoms with Gasteiger partial charge >= 0.3 is 5.97 Å². The molecule has 0 fully saturated rings. The number of aryl methyl sites for hydroxylation is 1. The third-order valence-corrected chi connectivity index (χ3v) is 5.02. The topological polar surface area (TPSA) is 56.5 Å². The predicted molar refractivity (Wildman–Crippen MR) is 92.0 cm³/mol. The van der Waals surface area contributed by atoms with Gasteiger partial charge in [0.1, 0.15) is 5.58 Å². The van der Waals surface area contributed by atoms with Gasteiger partial charge in [-0.3, -0.25) is 9.59 Å². The average molecular weight is 393 g/mol. The number of Topliss-reactive ketones (excluding diaryl/α,β-unsaturated/α-hetero) is 1. The Hall–Kier alpha value is -1.92. The van der Waals surface area contributed by atoms with Crippen molar-refractivity contribution in [2.75, 3.05) is 6.61 Å². The summed E-state index contributed by atoms with van der Waals surface area (Å²) in [4.78, 5) is 24.4. The van der Waals surface area contributed by atoms with Crippen molar-refractivity contribution in [3.05, 3.63) is 56.4 Å². The smallest absolute Gasteiger partial charge is 0.310 e. The van der Waals surface area contributed by atoms with Crippen molar-refractivity contribution < 1.29 is 18.7 Å². The molecule has 0 radical (unpaired) electrons. The third-order valence-electron chi connectivity index (χ3n) is 3.36. The minimum absolute atomic E-state index is 0.0808. The van der Waals surface area contributed by atoms with Crippen LogP contribution in [0.3, 0.4) is 0 Å². The normalized spacial score (nSPS) is 10.9. The Labute approximate surface area is 145 Å². The van der Waals surface area contributed by atoms with E-state index in [0.29, 0.717) is 4.88 Å². The Bertz CT molecular complexity index is 878. The van der Waals surface area contributed by atoms with Gasteiger partial charge in [-0.05, 0) is 46.6 Å². The fourth-order valence-electron chi connectivity index (χ4n) is 2.22. The highest BCUT2D eigenvalue weighted by Crippen LogP contribution is 2.24. The third kappa shape index (κ3) is 3.71. The second-order valence-electron chi connectivity index (χ2n) is 5.12. The van der Waals surface area contributed by atoms with Crippen molar-refractivity contribution in [1.29, 1.82) is 0 Å². The zero-order valence-corrected chi connectivity index (χ0v) is 14.7. The Morgan fingerprint density at radius 3 is 2.83 bits per heavy atom. The molecule has 2 heterocycles. The van der Waals surface area contributed by atoms with E-state index in [1.807, 2.05) is 25.1 Å². The Balaban J connectivity index is 1.61. The summed E-state index contributed by atoms with van der Waals surface area (Å²) in [6, 6.07) is 9.30. The van der Waals surface area contributed by atoms with Gasteiger partial charge in [0.25, 0.3) is 0 Å². The van der Waals surface area contributed by atoms with Gasteiger partial charge in [-0.15, -0.1) is 11.3 Å². The maximum Gasteiger partial charge on any atom is 0.310 e. The summed E-state index contributed by atoms with van der Waals surface area (Å²) in [6.45, 7) is 1.73. The van der Waals surface area contributed by atoms with E-state index in [2.05, 4.69) is 15.9 Å². The van der Waals surface area contributed by atoms with Crippen LogP contribution < -0.4 is 0 Å². The molecule has 3 aromatic rings. The Morgan fingerprint density at radius 1 is 1.26 bits per heavy atom. The van der Waals surface area contributed by atoms with Crippen LogP contribution in [0.1, 0.15) is 20.8 Å². The van der Waals surface area contributed by atoms with Crippen LogP contribution >= 0.6 is 27.3 Å². The highest BCUT2D eigenvalue weighted by Gasteiger charge is 2.15. The van der Waals surface area contributed by atoms with Crippen LogP contribution in [-0.4, -0.2) is 18.4 Å². The molecule has 0 N–H and O–H groups in total. The van der Waals surface area contributed by atoms with Crippen LogP contribution in [-0.2, 0) is 16.0 Å². The number of carbonyl (C=O) groups excluding carboxylic acids is 2. The molecule has 1 aromatic carbocycles. The van der Waals surface area contributed by atoms with E-state index >= 15 is 0 Å². The van der Waals surface area contributed by atoms with Crippen LogP contribution in [0.25, 0.3) is 11.0 Å². The summed E-state index contributed by atoms with van der Waals surface area (Å²) in [5.74, 6) is -0.654. The Kier molecular flexibility index (Phi) is 4.63. The molecule has 0 aliphatic carbocycles. The molecule has 0 spiro atoms. The van der Waals surface area contributed by atoms with Gasteiger partial charge in [-0.2, -0.15) is 0 Å². The molecule has 0 saturated carbocycles. The monoisotopic (exact) mass is 392 g/mol. The first-order chi connectivity index (χ1) is 11.0. The zero-order chi connectivity index (χ0) is 16.4. The van der Waals surface area contributed by atoms with Crippen molar-refractivity contribution in [3.8, 4) is 0 Å². The van der Waals surface area contributed by atoms with Crippen LogP contribution in [0.4, 0.5) is 0 Å². The Morgan fingerprint density at radius 2 is 2.09 bits per heavy atom. The van der Waals surface area contributed by atoms with E-state index in [1.54, 1.807) is 18.4 Å². The average Bonchev–Trinajstić information content (AvgIpc) is 3.11. The van der Waals surface area contributed by atoms with Gasteiger partial charge in [0.05, 0.1) is 21.3 Å². The number of thiophene rings is 1. The van der Waals surface area contributed by atoms with Crippen LogP contribution in [0, 0.1) is 6.92 Å². The van der Waals surface area contributed by atoms with E-state index in [4.69, 9.17) is 9.15 Å². The SMILES string of the molecule is Cc1ccc2c(CC(=O)OCC(=O)c3ccc(Br)s3)coc2c1. The number of hydrogen-bond acceptors (Lipinski definition) is 5. The standard InChI is InChI=1S/C17H13BrO4S/c1-10-2-3-12-11(8-21-14(12)6-10)7-17(20)22-9-13(19)15-4-5-16(18)23-15/h2-6,8H,7,9H2,1H3. The number of furan rings is 1. The van der Waals surface area contributed by atoms with Crippen molar-refractivity contribution in [2.24, 2.45) is 0 Å². The zero-order valence-electron chi connectivity index (χ0n) is 12.3. The fourth-order valence-corrected chi connectivity index (χ4v) is 3.53. The number of benzene rings is 1. The first-order valence-electron chi connectivity index (χ1n) is 6.94. The molecule has 0 aliphatic heterocycles. The minimum atomic E-state index is -0.447. The molecular weight excluding hydrogens is 380 g/mol. The van der Waals surface area contributed by atoms with Gasteiger partial charge in [0.15, 0.2) is 6.61 Å². The van der Waals surface area contributed by atoms with E-state index in [-0.39, 0.29) is 18.8 Å². The molecule has 0 saturated heterocycles. The summed E-state index contributed by atoms with van der Waals surface area (Å²) in [7, 11) is 0. The number of carbonyl (C=O) groups is 2. The van der Waals surface area contributed by atoms with E-state index in [1.165, 1.54) is 11.3 Å². The summed E-state index contributed by atoms with van der Waals surface area (Å²) < 4.78 is 11.4. The maximum absolute atomic E-state index is 11.9. The molecule has 23 heavy (non-hydrogen) atoms. The van der Waals surface area contributed by atoms with E-state index in [9.17, 15) is 9.59 Å². The van der Waals surface area contributed by atoms with Gasteiger partial charge < -0.3 is 9.15 Å². The lowest BCUT2D eigenvalue weighted by atomic mass is 10.1. The fraction of sp³-hybridized carbons (Fsp3) is 0.176. The lowest BCUT2D eigenvalue weighted by Crippen LogP contribution is -2.14. The number of ketones is 1. The molecule has 0 amide bonds. The lowest BCUT2D eigenvalue weighted by Gasteiger charge is -2.02. The number of hydrogen-bond donors (Lipinski definition) is 0. The predicted octanol–water partition coefficient (Wildman–Crippen LogP) is 4.53. The number of esters is 1. The second kappa shape index (κ2) is 6.68. The molecule has 6 heteroatoms. The lowest BCUT2D eigenvalue weighted by molar-refractivity contribution is -0.141. The van der Waals surface area contributed by atoms with Crippen molar-refractivity contribution in [3.63, 3.8) is 0 Å². The van der Waals surface area contributed by atoms with Gasteiger partial charge in [0, 0.05) is 10.9 Å². The molecule has 0 aliphatic rings. The highest BCUT2D eigenvalue weighted by molar-refractivity contribution is 9.11. The number of rotatable bonds is 5. The molecule has 4 nitrogen and oxygen atoms in total. The number of ether oxygens (including phenoxy) is 1. The summed E-state index contributed by atoms with van der Waals surface area (Å²) in [5, 5.41) is 0.890. The summed E-state index contributed by atoms with van der Waals surface area (Å²) >= 11 is 4.61. The minimum Gasteiger partial charge on any atom is -0.464 e. The van der Waals surface area contributed by atoms with Gasteiger partial charge in [0.2, 0.25) is 5.78 Å². The highest BCUT2D eigenvalue weighted by atomic mass is 79.9. The molecule has 2 aromatic heterocycles. The van der Waals surface area contributed by atoms with Gasteiger partial charge in [-0.1, -0.05) is 12.1 Å². The van der Waals surface area contributed by atoms with Crippen molar-refractivity contribution >= 4 is 50.0 Å². The summed E-state index contributed by atoms with van der Waals surface area (Å²) in [6.07, 6.45) is 1.64. The first-order valence-corrected chi connectivity index (χ1v) is 8.55. The first kappa shape index (κ1) is 16.0. The molecule has 0 atom stereocenters. The van der Waals surface area contributed by atoms with Crippen LogP contribution in [0.5, 0.6) is 0 Å². The number of halogens is 1. The van der Waals surface area contributed by atoms with Crippen LogP contribution in [0.2, 0.25) is 0 Å².